The van der Waals surface area contributed by atoms with Crippen molar-refractivity contribution < 1.29 is 10.0 Å². The number of carbonyl (C=O) groups excluding carboxylic acids is 1. The number of rotatable bonds is 6. The predicted octanol–water partition coefficient (Wildman–Crippen LogP) is 2.30. The van der Waals surface area contributed by atoms with Gasteiger partial charge in [0, 0.05) is 30.1 Å². The molecule has 0 spiro atoms. The van der Waals surface area contributed by atoms with E-state index in [1.54, 1.807) is 16.4 Å². The standard InChI is InChI=1S/C19H19N7O2/c20-18-16-17(13-9-12-5-1-2-6-14(12)21-10-13)24-26(19(16)23-11-22-18)8-4-3-7-15(27)25-28/h1-2,5-6,9-11,28H,3-4,7-8H2,(H,25,27)(H2,20,22,23). The molecule has 0 bridgehead atoms. The van der Waals surface area contributed by atoms with Gasteiger partial charge in [-0.15, -0.1) is 0 Å². The summed E-state index contributed by atoms with van der Waals surface area (Å²) >= 11 is 0. The quantitative estimate of drug-likeness (QED) is 0.267. The maximum Gasteiger partial charge on any atom is 0.243 e. The summed E-state index contributed by atoms with van der Waals surface area (Å²) < 4.78 is 1.77. The fourth-order valence-electron chi connectivity index (χ4n) is 3.19. The van der Waals surface area contributed by atoms with E-state index in [9.17, 15) is 4.79 Å². The van der Waals surface area contributed by atoms with Crippen LogP contribution in [-0.4, -0.2) is 35.8 Å². The largest absolute Gasteiger partial charge is 0.383 e. The van der Waals surface area contributed by atoms with Crippen molar-refractivity contribution in [1.82, 2.24) is 30.2 Å². The molecule has 4 aromatic rings. The molecule has 9 nitrogen and oxygen atoms in total. The summed E-state index contributed by atoms with van der Waals surface area (Å²) in [6.07, 6.45) is 4.74. The van der Waals surface area contributed by atoms with E-state index in [1.165, 1.54) is 6.33 Å². The van der Waals surface area contributed by atoms with Gasteiger partial charge in [-0.05, 0) is 25.0 Å². The van der Waals surface area contributed by atoms with Gasteiger partial charge in [-0.3, -0.25) is 15.0 Å². The molecule has 9 heteroatoms. The van der Waals surface area contributed by atoms with Gasteiger partial charge >= 0.3 is 0 Å². The van der Waals surface area contributed by atoms with Gasteiger partial charge in [0.05, 0.1) is 10.9 Å². The summed E-state index contributed by atoms with van der Waals surface area (Å²) in [6.45, 7) is 0.562. The molecule has 0 saturated heterocycles. The van der Waals surface area contributed by atoms with E-state index in [0.29, 0.717) is 41.9 Å². The zero-order chi connectivity index (χ0) is 19.5. The molecule has 0 aliphatic rings. The Kier molecular flexibility index (Phi) is 4.81. The second-order valence-electron chi connectivity index (χ2n) is 6.44. The zero-order valence-corrected chi connectivity index (χ0v) is 15.0. The van der Waals surface area contributed by atoms with E-state index in [-0.39, 0.29) is 6.42 Å². The monoisotopic (exact) mass is 377 g/mol. The third-order valence-corrected chi connectivity index (χ3v) is 4.57. The van der Waals surface area contributed by atoms with Crippen molar-refractivity contribution in [2.75, 3.05) is 5.73 Å². The van der Waals surface area contributed by atoms with Crippen LogP contribution >= 0.6 is 0 Å². The van der Waals surface area contributed by atoms with Crippen molar-refractivity contribution in [2.24, 2.45) is 0 Å². The molecule has 0 atom stereocenters. The Morgan fingerprint density at radius 2 is 2.04 bits per heavy atom. The van der Waals surface area contributed by atoms with Gasteiger partial charge in [0.2, 0.25) is 5.91 Å². The molecular weight excluding hydrogens is 358 g/mol. The molecule has 3 heterocycles. The third-order valence-electron chi connectivity index (χ3n) is 4.57. The fraction of sp³-hybridized carbons (Fsp3) is 0.211. The number of nitrogen functional groups attached to an aromatic ring is 1. The maximum atomic E-state index is 11.1. The van der Waals surface area contributed by atoms with Crippen molar-refractivity contribution in [3.63, 3.8) is 0 Å². The smallest absolute Gasteiger partial charge is 0.243 e. The summed E-state index contributed by atoms with van der Waals surface area (Å²) in [5.74, 6) is -0.0427. The number of hydrogen-bond acceptors (Lipinski definition) is 7. The number of nitrogens with one attached hydrogen (secondary N) is 1. The van der Waals surface area contributed by atoms with Gasteiger partial charge in [0.1, 0.15) is 17.8 Å². The number of para-hydroxylation sites is 1. The molecule has 4 rings (SSSR count). The van der Waals surface area contributed by atoms with Crippen LogP contribution < -0.4 is 11.2 Å². The highest BCUT2D eigenvalue weighted by Gasteiger charge is 2.17. The number of aryl methyl sites for hydroxylation is 1. The summed E-state index contributed by atoms with van der Waals surface area (Å²) in [5, 5.41) is 15.0. The van der Waals surface area contributed by atoms with E-state index in [2.05, 4.69) is 15.0 Å². The molecule has 28 heavy (non-hydrogen) atoms. The van der Waals surface area contributed by atoms with Gasteiger partial charge < -0.3 is 5.73 Å². The molecule has 1 amide bonds. The number of anilines is 1. The lowest BCUT2D eigenvalue weighted by molar-refractivity contribution is -0.129. The van der Waals surface area contributed by atoms with Crippen LogP contribution in [0.5, 0.6) is 0 Å². The molecule has 4 N–H and O–H groups in total. The Hall–Kier alpha value is -3.59. The molecule has 0 unspecified atom stereocenters. The first-order chi connectivity index (χ1) is 13.7. The van der Waals surface area contributed by atoms with Gasteiger partial charge in [0.15, 0.2) is 5.65 Å². The number of amides is 1. The highest BCUT2D eigenvalue weighted by atomic mass is 16.5. The Bertz CT molecular complexity index is 1160. The van der Waals surface area contributed by atoms with Crippen LogP contribution in [0.25, 0.3) is 33.2 Å². The first kappa shape index (κ1) is 17.8. The summed E-state index contributed by atoms with van der Waals surface area (Å²) in [5.41, 5.74) is 10.8. The number of pyridine rings is 1. The second kappa shape index (κ2) is 7.57. The number of unbranched alkanes of at least 4 members (excludes halogenated alkanes) is 1. The van der Waals surface area contributed by atoms with Gasteiger partial charge in [-0.25, -0.2) is 20.1 Å². The Labute approximate surface area is 160 Å². The number of hydroxylamine groups is 1. The number of nitrogens with zero attached hydrogens (tertiary/aromatic N) is 5. The molecule has 142 valence electrons. The van der Waals surface area contributed by atoms with E-state index >= 15 is 0 Å². The first-order valence-electron chi connectivity index (χ1n) is 8.92. The van der Waals surface area contributed by atoms with Crippen molar-refractivity contribution in [3.8, 4) is 11.3 Å². The van der Waals surface area contributed by atoms with Crippen molar-refractivity contribution in [3.05, 3.63) is 42.9 Å². The van der Waals surface area contributed by atoms with E-state index in [4.69, 9.17) is 16.0 Å². The van der Waals surface area contributed by atoms with Gasteiger partial charge in [0.25, 0.3) is 0 Å². The van der Waals surface area contributed by atoms with Gasteiger partial charge in [-0.1, -0.05) is 18.2 Å². The Balaban J connectivity index is 1.70. The van der Waals surface area contributed by atoms with Crippen LogP contribution in [0.4, 0.5) is 5.82 Å². The molecule has 0 fully saturated rings. The molecular formula is C19H19N7O2. The fourth-order valence-corrected chi connectivity index (χ4v) is 3.19. The molecule has 3 aromatic heterocycles. The normalized spacial score (nSPS) is 11.2. The summed E-state index contributed by atoms with van der Waals surface area (Å²) in [4.78, 5) is 24.1. The molecule has 0 saturated carbocycles. The Morgan fingerprint density at radius 3 is 2.89 bits per heavy atom. The number of nitrogens with two attached hydrogens (primary N) is 1. The molecule has 0 radical (unpaired) electrons. The Morgan fingerprint density at radius 1 is 1.18 bits per heavy atom. The molecule has 0 aliphatic carbocycles. The highest BCUT2D eigenvalue weighted by molar-refractivity contribution is 5.99. The lowest BCUT2D eigenvalue weighted by atomic mass is 10.1. The first-order valence-corrected chi connectivity index (χ1v) is 8.92. The van der Waals surface area contributed by atoms with Crippen LogP contribution in [0.2, 0.25) is 0 Å². The maximum absolute atomic E-state index is 11.1. The van der Waals surface area contributed by atoms with Crippen LogP contribution in [0, 0.1) is 0 Å². The number of fused-ring (bicyclic) bond motifs is 2. The molecule has 0 aliphatic heterocycles. The van der Waals surface area contributed by atoms with Crippen molar-refractivity contribution in [1.29, 1.82) is 0 Å². The number of carbonyl (C=O) groups is 1. The van der Waals surface area contributed by atoms with E-state index in [1.807, 2.05) is 30.3 Å². The van der Waals surface area contributed by atoms with Gasteiger partial charge in [-0.2, -0.15) is 5.10 Å². The predicted molar refractivity (Wildman–Crippen MR) is 104 cm³/mol. The van der Waals surface area contributed by atoms with Crippen LogP contribution in [0.15, 0.2) is 42.9 Å². The minimum atomic E-state index is -0.403. The average Bonchev–Trinajstić information content (AvgIpc) is 3.10. The van der Waals surface area contributed by atoms with Crippen LogP contribution in [0.1, 0.15) is 19.3 Å². The topological polar surface area (TPSA) is 132 Å². The highest BCUT2D eigenvalue weighted by Crippen LogP contribution is 2.31. The third kappa shape index (κ3) is 3.35. The van der Waals surface area contributed by atoms with Crippen molar-refractivity contribution >= 4 is 33.7 Å². The molecule has 1 aromatic carbocycles. The zero-order valence-electron chi connectivity index (χ0n) is 15.0. The van der Waals surface area contributed by atoms with Crippen molar-refractivity contribution in [2.45, 2.75) is 25.8 Å². The van der Waals surface area contributed by atoms with E-state index < -0.39 is 5.91 Å². The van der Waals surface area contributed by atoms with E-state index in [0.717, 1.165) is 16.5 Å². The van der Waals surface area contributed by atoms with Crippen LogP contribution in [0.3, 0.4) is 0 Å². The average molecular weight is 377 g/mol. The lowest BCUT2D eigenvalue weighted by Crippen LogP contribution is -2.18. The van der Waals surface area contributed by atoms with Crippen LogP contribution in [-0.2, 0) is 11.3 Å². The number of benzene rings is 1. The summed E-state index contributed by atoms with van der Waals surface area (Å²) in [6, 6.07) is 9.88. The second-order valence-corrected chi connectivity index (χ2v) is 6.44. The lowest BCUT2D eigenvalue weighted by Gasteiger charge is -2.02. The number of hydrogen-bond donors (Lipinski definition) is 3. The minimum absolute atomic E-state index is 0.244. The SMILES string of the molecule is Nc1ncnc2c1c(-c1cnc3ccccc3c1)nn2CCCCC(=O)NO. The summed E-state index contributed by atoms with van der Waals surface area (Å²) in [7, 11) is 0. The number of aromatic nitrogens is 5. The minimum Gasteiger partial charge on any atom is -0.383 e.